The van der Waals surface area contributed by atoms with E-state index in [0.29, 0.717) is 18.8 Å². The van der Waals surface area contributed by atoms with Crippen LogP contribution in [0.5, 0.6) is 0 Å². The topological polar surface area (TPSA) is 95.2 Å². The number of hydrogen-bond acceptors (Lipinski definition) is 7. The van der Waals surface area contributed by atoms with Gasteiger partial charge in [-0.25, -0.2) is 20.2 Å². The number of aromatic amines is 1. The Morgan fingerprint density at radius 3 is 2.94 bits per heavy atom. The fourth-order valence-corrected chi connectivity index (χ4v) is 4.07. The molecule has 0 saturated carbocycles. The molecule has 5 rings (SSSR count). The molecule has 0 amide bonds. The van der Waals surface area contributed by atoms with Crippen molar-refractivity contribution in [1.82, 2.24) is 20.4 Å². The Hall–Kier alpha value is -3.91. The molecule has 0 aliphatic carbocycles. The normalized spacial score (nSPS) is 17.2. The van der Waals surface area contributed by atoms with Gasteiger partial charge in [-0.15, -0.1) is 0 Å². The van der Waals surface area contributed by atoms with Crippen molar-refractivity contribution in [3.8, 4) is 0 Å². The lowest BCUT2D eigenvalue weighted by Gasteiger charge is -2.39. The number of benzene rings is 2. The predicted molar refractivity (Wildman–Crippen MR) is 118 cm³/mol. The van der Waals surface area contributed by atoms with Gasteiger partial charge in [-0.2, -0.15) is 0 Å². The van der Waals surface area contributed by atoms with Gasteiger partial charge in [0, 0.05) is 42.6 Å². The Balaban J connectivity index is 1.52. The van der Waals surface area contributed by atoms with Crippen molar-refractivity contribution in [2.24, 2.45) is 0 Å². The molecule has 31 heavy (non-hydrogen) atoms. The summed E-state index contributed by atoms with van der Waals surface area (Å²) in [5, 5.41) is 6.26. The largest absolute Gasteiger partial charge is 0.466 e. The highest BCUT2D eigenvalue weighted by atomic mass is 16.5. The second kappa shape index (κ2) is 7.73. The zero-order valence-electron chi connectivity index (χ0n) is 17.0. The molecular weight excluding hydrogens is 392 g/mol. The van der Waals surface area contributed by atoms with Gasteiger partial charge in [-0.1, -0.05) is 24.3 Å². The van der Waals surface area contributed by atoms with E-state index in [-0.39, 0.29) is 0 Å². The van der Waals surface area contributed by atoms with Gasteiger partial charge in [0.15, 0.2) is 0 Å². The number of hydrazine groups is 1. The van der Waals surface area contributed by atoms with E-state index in [9.17, 15) is 4.79 Å². The lowest BCUT2D eigenvalue weighted by Crippen LogP contribution is -2.65. The van der Waals surface area contributed by atoms with Gasteiger partial charge in [0.05, 0.1) is 7.11 Å². The number of carbonyl (C=O) groups excluding carboxylic acids is 1. The summed E-state index contributed by atoms with van der Waals surface area (Å²) in [6.45, 7) is 0.488. The number of esters is 1. The Kier molecular flexibility index (Phi) is 4.76. The van der Waals surface area contributed by atoms with Crippen molar-refractivity contribution in [3.05, 3.63) is 84.4 Å². The first-order valence-corrected chi connectivity index (χ1v) is 10.00. The minimum atomic E-state index is -1.19. The lowest BCUT2D eigenvalue weighted by molar-refractivity contribution is -0.146. The van der Waals surface area contributed by atoms with Crippen molar-refractivity contribution in [3.63, 3.8) is 0 Å². The number of para-hydroxylation sites is 1. The molecule has 8 nitrogen and oxygen atoms in total. The summed E-state index contributed by atoms with van der Waals surface area (Å²) in [4.78, 5) is 24.8. The second-order valence-corrected chi connectivity index (χ2v) is 7.45. The standard InChI is InChI=1S/C23H22N6O2/c1-31-22(30)23(13-18-4-2-3-5-20(18)28-23)29(21-9-10-24-15-26-21)27-14-16-6-7-19-17(12-16)8-11-25-19/h2-12,15,25,27-28H,13-14H2,1H3. The van der Waals surface area contributed by atoms with E-state index in [1.54, 1.807) is 17.3 Å². The fraction of sp³-hybridized carbons (Fsp3) is 0.174. The van der Waals surface area contributed by atoms with Crippen LogP contribution in [0.2, 0.25) is 0 Å². The third-order valence-electron chi connectivity index (χ3n) is 5.56. The van der Waals surface area contributed by atoms with E-state index in [1.165, 1.54) is 13.4 Å². The highest BCUT2D eigenvalue weighted by Crippen LogP contribution is 2.36. The van der Waals surface area contributed by atoms with Crippen molar-refractivity contribution < 1.29 is 9.53 Å². The Labute approximate surface area is 179 Å². The van der Waals surface area contributed by atoms with Crippen LogP contribution >= 0.6 is 0 Å². The summed E-state index contributed by atoms with van der Waals surface area (Å²) in [5.41, 5.74) is 6.29. The van der Waals surface area contributed by atoms with E-state index in [2.05, 4.69) is 31.8 Å². The maximum absolute atomic E-state index is 13.2. The van der Waals surface area contributed by atoms with Crippen LogP contribution in [0.15, 0.2) is 73.3 Å². The molecule has 1 atom stereocenters. The fourth-order valence-electron chi connectivity index (χ4n) is 4.07. The van der Waals surface area contributed by atoms with Gasteiger partial charge in [-0.05, 0) is 40.8 Å². The maximum atomic E-state index is 13.2. The molecule has 4 aromatic rings. The van der Waals surface area contributed by atoms with Crippen molar-refractivity contribution in [2.75, 3.05) is 17.4 Å². The molecule has 2 aromatic heterocycles. The Morgan fingerprint density at radius 1 is 1.23 bits per heavy atom. The molecule has 1 aliphatic heterocycles. The SMILES string of the molecule is COC(=O)C1(N(NCc2ccc3[nH]ccc3c2)c2ccncn2)Cc2ccccc2N1. The van der Waals surface area contributed by atoms with E-state index >= 15 is 0 Å². The number of methoxy groups -OCH3 is 1. The number of anilines is 2. The number of rotatable bonds is 6. The average Bonchev–Trinajstić information content (AvgIpc) is 3.44. The summed E-state index contributed by atoms with van der Waals surface area (Å²) < 4.78 is 5.24. The van der Waals surface area contributed by atoms with Gasteiger partial charge in [0.1, 0.15) is 12.1 Å². The van der Waals surface area contributed by atoms with Crippen LogP contribution in [-0.2, 0) is 22.5 Å². The van der Waals surface area contributed by atoms with Crippen LogP contribution in [0.25, 0.3) is 10.9 Å². The minimum Gasteiger partial charge on any atom is -0.466 e. The molecule has 1 unspecified atom stereocenters. The maximum Gasteiger partial charge on any atom is 0.354 e. The highest BCUT2D eigenvalue weighted by molar-refractivity contribution is 5.91. The van der Waals surface area contributed by atoms with Gasteiger partial charge in [0.25, 0.3) is 0 Å². The first-order valence-electron chi connectivity index (χ1n) is 10.00. The quantitative estimate of drug-likeness (QED) is 0.330. The smallest absolute Gasteiger partial charge is 0.354 e. The Morgan fingerprint density at radius 2 is 2.13 bits per heavy atom. The number of hydrogen-bond donors (Lipinski definition) is 3. The summed E-state index contributed by atoms with van der Waals surface area (Å²) >= 11 is 0. The second-order valence-electron chi connectivity index (χ2n) is 7.45. The van der Waals surface area contributed by atoms with Crippen LogP contribution in [0.3, 0.4) is 0 Å². The minimum absolute atomic E-state index is 0.407. The van der Waals surface area contributed by atoms with Gasteiger partial charge in [0.2, 0.25) is 5.66 Å². The van der Waals surface area contributed by atoms with Crippen LogP contribution in [0.4, 0.5) is 11.5 Å². The number of H-pyrrole nitrogens is 1. The van der Waals surface area contributed by atoms with Gasteiger partial charge < -0.3 is 15.0 Å². The van der Waals surface area contributed by atoms with Crippen LogP contribution < -0.4 is 15.8 Å². The zero-order chi connectivity index (χ0) is 21.3. The molecule has 0 radical (unpaired) electrons. The highest BCUT2D eigenvalue weighted by Gasteiger charge is 2.51. The van der Waals surface area contributed by atoms with Crippen LogP contribution in [-0.4, -0.2) is 33.7 Å². The van der Waals surface area contributed by atoms with Crippen molar-refractivity contribution >= 4 is 28.4 Å². The van der Waals surface area contributed by atoms with Gasteiger partial charge in [-0.3, -0.25) is 5.01 Å². The third-order valence-corrected chi connectivity index (χ3v) is 5.56. The molecule has 0 saturated heterocycles. The van der Waals surface area contributed by atoms with Crippen molar-refractivity contribution in [2.45, 2.75) is 18.6 Å². The first kappa shape index (κ1) is 19.1. The summed E-state index contributed by atoms with van der Waals surface area (Å²) in [6, 6.07) is 17.9. The number of fused-ring (bicyclic) bond motifs is 2. The molecule has 3 N–H and O–H groups in total. The molecule has 3 heterocycles. The summed E-state index contributed by atoms with van der Waals surface area (Å²) in [6.07, 6.45) is 5.45. The molecule has 1 aliphatic rings. The summed E-state index contributed by atoms with van der Waals surface area (Å²) in [7, 11) is 1.40. The molecular formula is C23H22N6O2. The molecule has 8 heteroatoms. The number of ether oxygens (including phenoxy) is 1. The number of nitrogens with one attached hydrogen (secondary N) is 3. The number of aromatic nitrogens is 3. The molecule has 0 spiro atoms. The van der Waals surface area contributed by atoms with Crippen LogP contribution in [0, 0.1) is 0 Å². The lowest BCUT2D eigenvalue weighted by atomic mass is 10.0. The van der Waals surface area contributed by atoms with Gasteiger partial charge >= 0.3 is 5.97 Å². The van der Waals surface area contributed by atoms with E-state index < -0.39 is 11.6 Å². The first-order chi connectivity index (χ1) is 15.2. The number of carbonyl (C=O) groups is 1. The van der Waals surface area contributed by atoms with Crippen molar-refractivity contribution in [1.29, 1.82) is 0 Å². The molecule has 2 aromatic carbocycles. The van der Waals surface area contributed by atoms with E-state index in [4.69, 9.17) is 4.74 Å². The van der Waals surface area contributed by atoms with E-state index in [1.807, 2.05) is 48.7 Å². The molecule has 156 valence electrons. The zero-order valence-corrected chi connectivity index (χ0v) is 17.0. The number of nitrogens with zero attached hydrogens (tertiary/aromatic N) is 3. The third kappa shape index (κ3) is 3.36. The monoisotopic (exact) mass is 414 g/mol. The average molecular weight is 414 g/mol. The van der Waals surface area contributed by atoms with Crippen LogP contribution in [0.1, 0.15) is 11.1 Å². The molecule has 0 fully saturated rings. The molecule has 0 bridgehead atoms. The van der Waals surface area contributed by atoms with E-state index in [0.717, 1.165) is 27.7 Å². The predicted octanol–water partition coefficient (Wildman–Crippen LogP) is 3.01. The summed E-state index contributed by atoms with van der Waals surface area (Å²) in [5.74, 6) is 0.152. The Bertz CT molecular complexity index is 1200.